The average molecular weight is 461 g/mol. The van der Waals surface area contributed by atoms with Crippen molar-refractivity contribution in [2.24, 2.45) is 0 Å². The number of benzene rings is 2. The van der Waals surface area contributed by atoms with Gasteiger partial charge in [0.25, 0.3) is 0 Å². The highest BCUT2D eigenvalue weighted by atomic mass is 32.2. The van der Waals surface area contributed by atoms with E-state index in [0.717, 1.165) is 62.6 Å². The molecule has 0 aliphatic carbocycles. The van der Waals surface area contributed by atoms with Gasteiger partial charge in [0.05, 0.1) is 32.4 Å². The molecule has 3 heterocycles. The maximum absolute atomic E-state index is 11.8. The van der Waals surface area contributed by atoms with Gasteiger partial charge in [0, 0.05) is 32.4 Å². The first-order chi connectivity index (χ1) is 14.4. The van der Waals surface area contributed by atoms with Gasteiger partial charge in [0.15, 0.2) is 20.1 Å². The lowest BCUT2D eigenvalue weighted by molar-refractivity contribution is 0.415. The van der Waals surface area contributed by atoms with E-state index in [2.05, 4.69) is 9.80 Å². The van der Waals surface area contributed by atoms with Crippen LogP contribution in [0.3, 0.4) is 0 Å². The van der Waals surface area contributed by atoms with Crippen LogP contribution in [0.2, 0.25) is 0 Å². The number of aromatic nitrogens is 2. The zero-order chi connectivity index (χ0) is 20.9. The molecule has 0 spiro atoms. The van der Waals surface area contributed by atoms with Crippen molar-refractivity contribution in [3.05, 3.63) is 36.4 Å². The van der Waals surface area contributed by atoms with Gasteiger partial charge in [-0.25, -0.2) is 18.4 Å². The SMILES string of the molecule is COc1ccc2nc(N3CCN(c4nc5ccc(S(C)(=O)=O)cc5s4)CC3)sc2c1. The van der Waals surface area contributed by atoms with Crippen molar-refractivity contribution in [1.29, 1.82) is 0 Å². The third-order valence-corrected chi connectivity index (χ3v) is 8.45. The Hall–Kier alpha value is -2.43. The molecule has 2 aromatic carbocycles. The lowest BCUT2D eigenvalue weighted by atomic mass is 10.3. The summed E-state index contributed by atoms with van der Waals surface area (Å²) >= 11 is 3.23. The second-order valence-electron chi connectivity index (χ2n) is 7.20. The van der Waals surface area contributed by atoms with Crippen LogP contribution in [-0.4, -0.2) is 57.9 Å². The van der Waals surface area contributed by atoms with Crippen LogP contribution in [0.25, 0.3) is 20.4 Å². The Bertz CT molecular complexity index is 1340. The molecule has 1 fully saturated rings. The number of sulfone groups is 1. The van der Waals surface area contributed by atoms with Crippen LogP contribution >= 0.6 is 22.7 Å². The number of thiazole rings is 2. The molecule has 0 N–H and O–H groups in total. The zero-order valence-corrected chi connectivity index (χ0v) is 19.0. The summed E-state index contributed by atoms with van der Waals surface area (Å²) in [6, 6.07) is 11.1. The number of nitrogens with zero attached hydrogens (tertiary/aromatic N) is 4. The van der Waals surface area contributed by atoms with Crippen molar-refractivity contribution >= 4 is 63.2 Å². The van der Waals surface area contributed by atoms with E-state index in [1.807, 2.05) is 18.2 Å². The molecule has 30 heavy (non-hydrogen) atoms. The van der Waals surface area contributed by atoms with Gasteiger partial charge in [-0.05, 0) is 36.4 Å². The van der Waals surface area contributed by atoms with Crippen molar-refractivity contribution in [3.63, 3.8) is 0 Å². The molecule has 0 saturated carbocycles. The minimum absolute atomic E-state index is 0.336. The number of fused-ring (bicyclic) bond motifs is 2. The van der Waals surface area contributed by atoms with Crippen molar-refractivity contribution in [2.45, 2.75) is 4.90 Å². The first-order valence-electron chi connectivity index (χ1n) is 9.46. The summed E-state index contributed by atoms with van der Waals surface area (Å²) < 4.78 is 31.0. The van der Waals surface area contributed by atoms with Gasteiger partial charge in [0.1, 0.15) is 5.75 Å². The monoisotopic (exact) mass is 460 g/mol. The Kier molecular flexibility index (Phi) is 4.79. The van der Waals surface area contributed by atoms with E-state index >= 15 is 0 Å². The Morgan fingerprint density at radius 3 is 1.93 bits per heavy atom. The van der Waals surface area contributed by atoms with E-state index < -0.39 is 9.84 Å². The second kappa shape index (κ2) is 7.36. The largest absolute Gasteiger partial charge is 0.497 e. The lowest BCUT2D eigenvalue weighted by Gasteiger charge is -2.34. The molecular weight excluding hydrogens is 440 g/mol. The highest BCUT2D eigenvalue weighted by Gasteiger charge is 2.22. The number of ether oxygens (including phenoxy) is 1. The van der Waals surface area contributed by atoms with Gasteiger partial charge in [-0.3, -0.25) is 0 Å². The first kappa shape index (κ1) is 19.5. The predicted molar refractivity (Wildman–Crippen MR) is 123 cm³/mol. The van der Waals surface area contributed by atoms with Crippen molar-refractivity contribution in [1.82, 2.24) is 9.97 Å². The van der Waals surface area contributed by atoms with Crippen LogP contribution in [0.5, 0.6) is 5.75 Å². The number of anilines is 2. The van der Waals surface area contributed by atoms with Crippen LogP contribution in [-0.2, 0) is 9.84 Å². The van der Waals surface area contributed by atoms with E-state index in [9.17, 15) is 8.42 Å². The maximum Gasteiger partial charge on any atom is 0.186 e. The van der Waals surface area contributed by atoms with Gasteiger partial charge in [0.2, 0.25) is 0 Å². The quantitative estimate of drug-likeness (QED) is 0.460. The molecule has 4 aromatic rings. The molecule has 1 saturated heterocycles. The highest BCUT2D eigenvalue weighted by Crippen LogP contribution is 2.34. The zero-order valence-electron chi connectivity index (χ0n) is 16.5. The molecule has 156 valence electrons. The predicted octanol–water partition coefficient (Wildman–Crippen LogP) is 3.64. The normalized spacial score (nSPS) is 15.3. The standard InChI is InChI=1S/C20H20N4O3S3/c1-27-13-3-5-15-17(11-13)28-19(21-15)23-7-9-24(10-8-23)20-22-16-6-4-14(30(2,25)26)12-18(16)29-20/h3-6,11-12H,7-10H2,1-2H3. The molecule has 0 atom stereocenters. The first-order valence-corrected chi connectivity index (χ1v) is 13.0. The molecule has 5 rings (SSSR count). The number of rotatable bonds is 4. The minimum Gasteiger partial charge on any atom is -0.497 e. The molecule has 7 nitrogen and oxygen atoms in total. The van der Waals surface area contributed by atoms with Gasteiger partial charge in [-0.15, -0.1) is 0 Å². The minimum atomic E-state index is -3.22. The van der Waals surface area contributed by atoms with E-state index in [1.54, 1.807) is 48.0 Å². The fourth-order valence-electron chi connectivity index (χ4n) is 3.50. The van der Waals surface area contributed by atoms with Crippen LogP contribution < -0.4 is 14.5 Å². The molecule has 0 bridgehead atoms. The number of hydrogen-bond acceptors (Lipinski definition) is 9. The summed E-state index contributed by atoms with van der Waals surface area (Å²) in [6.45, 7) is 3.42. The summed E-state index contributed by atoms with van der Waals surface area (Å²) in [7, 11) is -1.55. The summed E-state index contributed by atoms with van der Waals surface area (Å²) in [5, 5.41) is 1.96. The number of methoxy groups -OCH3 is 1. The Morgan fingerprint density at radius 1 is 0.867 bits per heavy atom. The fourth-order valence-corrected chi connectivity index (χ4v) is 6.33. The Labute approximate surface area is 182 Å². The van der Waals surface area contributed by atoms with Gasteiger partial charge < -0.3 is 14.5 Å². The molecule has 0 radical (unpaired) electrons. The summed E-state index contributed by atoms with van der Waals surface area (Å²) in [4.78, 5) is 14.4. The summed E-state index contributed by atoms with van der Waals surface area (Å²) in [6.07, 6.45) is 1.23. The fraction of sp³-hybridized carbons (Fsp3) is 0.300. The van der Waals surface area contributed by atoms with Crippen LogP contribution in [0.4, 0.5) is 10.3 Å². The topological polar surface area (TPSA) is 75.6 Å². The molecule has 0 amide bonds. The molecular formula is C20H20N4O3S3. The third-order valence-electron chi connectivity index (χ3n) is 5.18. The smallest absolute Gasteiger partial charge is 0.186 e. The molecule has 2 aromatic heterocycles. The van der Waals surface area contributed by atoms with E-state index in [0.29, 0.717) is 4.90 Å². The number of hydrogen-bond donors (Lipinski definition) is 0. The Balaban J connectivity index is 1.33. The van der Waals surface area contributed by atoms with Crippen LogP contribution in [0.1, 0.15) is 0 Å². The van der Waals surface area contributed by atoms with Crippen LogP contribution in [0, 0.1) is 0 Å². The van der Waals surface area contributed by atoms with Gasteiger partial charge in [-0.2, -0.15) is 0 Å². The highest BCUT2D eigenvalue weighted by molar-refractivity contribution is 7.90. The molecule has 0 unspecified atom stereocenters. The van der Waals surface area contributed by atoms with E-state index in [4.69, 9.17) is 14.7 Å². The average Bonchev–Trinajstić information content (AvgIpc) is 3.36. The second-order valence-corrected chi connectivity index (χ2v) is 11.2. The van der Waals surface area contributed by atoms with E-state index in [-0.39, 0.29) is 0 Å². The third kappa shape index (κ3) is 3.59. The summed E-state index contributed by atoms with van der Waals surface area (Å²) in [5.41, 5.74) is 1.83. The summed E-state index contributed by atoms with van der Waals surface area (Å²) in [5.74, 6) is 0.845. The maximum atomic E-state index is 11.8. The number of piperazine rings is 1. The van der Waals surface area contributed by atoms with Gasteiger partial charge >= 0.3 is 0 Å². The Morgan fingerprint density at radius 2 is 1.40 bits per heavy atom. The van der Waals surface area contributed by atoms with E-state index in [1.165, 1.54) is 6.26 Å². The molecule has 1 aliphatic rings. The van der Waals surface area contributed by atoms with Crippen molar-refractivity contribution < 1.29 is 13.2 Å². The van der Waals surface area contributed by atoms with Gasteiger partial charge in [-0.1, -0.05) is 22.7 Å². The van der Waals surface area contributed by atoms with Crippen molar-refractivity contribution in [3.8, 4) is 5.75 Å². The molecule has 1 aliphatic heterocycles. The van der Waals surface area contributed by atoms with Crippen molar-refractivity contribution in [2.75, 3.05) is 49.3 Å². The van der Waals surface area contributed by atoms with Crippen LogP contribution in [0.15, 0.2) is 41.3 Å². The lowest BCUT2D eigenvalue weighted by Crippen LogP contribution is -2.46. The molecule has 10 heteroatoms.